The van der Waals surface area contributed by atoms with Gasteiger partial charge < -0.3 is 5.11 Å². The molecule has 0 spiro atoms. The number of fused-ring (bicyclic) bond motifs is 1. The molecule has 3 atom stereocenters. The van der Waals surface area contributed by atoms with Crippen molar-refractivity contribution in [3.63, 3.8) is 0 Å². The fourth-order valence-corrected chi connectivity index (χ4v) is 4.16. The number of hydrogen-bond donors (Lipinski definition) is 1. The normalized spacial score (nSPS) is 30.0. The minimum absolute atomic E-state index is 0.356. The van der Waals surface area contributed by atoms with E-state index in [4.69, 9.17) is 0 Å². The summed E-state index contributed by atoms with van der Waals surface area (Å²) in [6.07, 6.45) is 3.25. The summed E-state index contributed by atoms with van der Waals surface area (Å²) in [5.41, 5.74) is 0.432. The Hall–Kier alpha value is -1.34. The Kier molecular flexibility index (Phi) is 3.79. The quantitative estimate of drug-likeness (QED) is 0.810. The lowest BCUT2D eigenvalue weighted by molar-refractivity contribution is -0.0864. The molecule has 0 saturated heterocycles. The third kappa shape index (κ3) is 2.60. The highest BCUT2D eigenvalue weighted by Gasteiger charge is 2.43. The smallest absolute Gasteiger partial charge is 0.0929 e. The van der Waals surface area contributed by atoms with Gasteiger partial charge in [0.05, 0.1) is 5.60 Å². The van der Waals surface area contributed by atoms with Crippen LogP contribution in [-0.2, 0) is 5.60 Å². The second-order valence-corrected chi connectivity index (χ2v) is 7.22. The van der Waals surface area contributed by atoms with Crippen LogP contribution in [0.15, 0.2) is 42.5 Å². The van der Waals surface area contributed by atoms with E-state index in [0.717, 1.165) is 18.4 Å². The zero-order chi connectivity index (χ0) is 15.0. The summed E-state index contributed by atoms with van der Waals surface area (Å²) >= 11 is 0. The highest BCUT2D eigenvalue weighted by atomic mass is 16.3. The summed E-state index contributed by atoms with van der Waals surface area (Å²) in [4.78, 5) is 0. The maximum Gasteiger partial charge on any atom is 0.0929 e. The number of hydrogen-bond acceptors (Lipinski definition) is 1. The van der Waals surface area contributed by atoms with Gasteiger partial charge >= 0.3 is 0 Å². The van der Waals surface area contributed by atoms with Crippen LogP contribution in [0.5, 0.6) is 0 Å². The second kappa shape index (κ2) is 5.46. The van der Waals surface area contributed by atoms with Crippen molar-refractivity contribution in [3.8, 4) is 0 Å². The number of benzene rings is 2. The van der Waals surface area contributed by atoms with Crippen LogP contribution in [0.25, 0.3) is 10.8 Å². The summed E-state index contributed by atoms with van der Waals surface area (Å²) in [6.45, 7) is 6.75. The molecule has 1 fully saturated rings. The molecule has 1 saturated carbocycles. The average molecular weight is 282 g/mol. The molecule has 112 valence electrons. The van der Waals surface area contributed by atoms with Crippen LogP contribution in [-0.4, -0.2) is 5.11 Å². The van der Waals surface area contributed by atoms with Gasteiger partial charge in [-0.05, 0) is 53.0 Å². The predicted molar refractivity (Wildman–Crippen MR) is 89.2 cm³/mol. The Labute approximate surface area is 128 Å². The van der Waals surface area contributed by atoms with Crippen molar-refractivity contribution in [2.45, 2.75) is 45.6 Å². The van der Waals surface area contributed by atoms with Crippen LogP contribution in [0.4, 0.5) is 0 Å². The maximum atomic E-state index is 11.5. The lowest BCUT2D eigenvalue weighted by Crippen LogP contribution is -2.43. The third-order valence-corrected chi connectivity index (χ3v) is 5.30. The summed E-state index contributed by atoms with van der Waals surface area (Å²) in [5.74, 6) is 1.46. The van der Waals surface area contributed by atoms with Crippen molar-refractivity contribution in [3.05, 3.63) is 48.0 Å². The first-order chi connectivity index (χ1) is 10.0. The molecular weight excluding hydrogens is 256 g/mol. The largest absolute Gasteiger partial charge is 0.385 e. The van der Waals surface area contributed by atoms with E-state index in [1.165, 1.54) is 17.2 Å². The third-order valence-electron chi connectivity index (χ3n) is 5.30. The SMILES string of the molecule is CC1CCC(C(C)C)C(O)(c2ccc3ccccc3c2)C1. The van der Waals surface area contributed by atoms with Crippen molar-refractivity contribution in [2.24, 2.45) is 17.8 Å². The van der Waals surface area contributed by atoms with Gasteiger partial charge in [-0.15, -0.1) is 0 Å². The number of rotatable bonds is 2. The molecule has 0 aromatic heterocycles. The Bertz CT molecular complexity index is 631. The highest BCUT2D eigenvalue weighted by Crippen LogP contribution is 2.47. The zero-order valence-corrected chi connectivity index (χ0v) is 13.3. The van der Waals surface area contributed by atoms with Gasteiger partial charge in [-0.1, -0.05) is 63.6 Å². The molecule has 1 heteroatoms. The fourth-order valence-electron chi connectivity index (χ4n) is 4.16. The molecule has 21 heavy (non-hydrogen) atoms. The van der Waals surface area contributed by atoms with Crippen molar-refractivity contribution < 1.29 is 5.11 Å². The molecule has 0 amide bonds. The van der Waals surface area contributed by atoms with Gasteiger partial charge in [0.15, 0.2) is 0 Å². The van der Waals surface area contributed by atoms with Gasteiger partial charge in [0.1, 0.15) is 0 Å². The molecule has 0 heterocycles. The van der Waals surface area contributed by atoms with Crippen LogP contribution in [0.2, 0.25) is 0 Å². The Morgan fingerprint density at radius 3 is 2.48 bits per heavy atom. The van der Waals surface area contributed by atoms with E-state index in [9.17, 15) is 5.11 Å². The van der Waals surface area contributed by atoms with E-state index >= 15 is 0 Å². The van der Waals surface area contributed by atoms with Gasteiger partial charge in [0, 0.05) is 0 Å². The molecule has 1 aliphatic carbocycles. The van der Waals surface area contributed by atoms with E-state index in [-0.39, 0.29) is 0 Å². The van der Waals surface area contributed by atoms with Crippen molar-refractivity contribution in [2.75, 3.05) is 0 Å². The van der Waals surface area contributed by atoms with Crippen LogP contribution in [0.3, 0.4) is 0 Å². The second-order valence-electron chi connectivity index (χ2n) is 7.22. The predicted octanol–water partition coefficient (Wildman–Crippen LogP) is 5.12. The zero-order valence-electron chi connectivity index (χ0n) is 13.3. The van der Waals surface area contributed by atoms with Crippen molar-refractivity contribution >= 4 is 10.8 Å². The Morgan fingerprint density at radius 2 is 1.76 bits per heavy atom. The van der Waals surface area contributed by atoms with Gasteiger partial charge in [0.2, 0.25) is 0 Å². The minimum atomic E-state index is -0.671. The maximum absolute atomic E-state index is 11.5. The Balaban J connectivity index is 2.07. The summed E-state index contributed by atoms with van der Waals surface area (Å²) < 4.78 is 0. The summed E-state index contributed by atoms with van der Waals surface area (Å²) in [6, 6.07) is 14.9. The molecule has 3 unspecified atom stereocenters. The lowest BCUT2D eigenvalue weighted by atomic mass is 9.64. The molecular formula is C20H26O. The fraction of sp³-hybridized carbons (Fsp3) is 0.500. The molecule has 0 aliphatic heterocycles. The van der Waals surface area contributed by atoms with Gasteiger partial charge in [-0.2, -0.15) is 0 Å². The van der Waals surface area contributed by atoms with Gasteiger partial charge in [-0.3, -0.25) is 0 Å². The monoisotopic (exact) mass is 282 g/mol. The first kappa shape index (κ1) is 14.6. The average Bonchev–Trinajstić information content (AvgIpc) is 2.46. The topological polar surface area (TPSA) is 20.2 Å². The molecule has 2 aromatic rings. The highest BCUT2D eigenvalue weighted by molar-refractivity contribution is 5.83. The Morgan fingerprint density at radius 1 is 1.05 bits per heavy atom. The van der Waals surface area contributed by atoms with Crippen molar-refractivity contribution in [1.82, 2.24) is 0 Å². The minimum Gasteiger partial charge on any atom is -0.385 e. The lowest BCUT2D eigenvalue weighted by Gasteiger charge is -2.45. The van der Waals surface area contributed by atoms with Gasteiger partial charge in [-0.25, -0.2) is 0 Å². The standard InChI is InChI=1S/C20H26O/c1-14(2)19-11-8-15(3)13-20(19,21)18-10-9-16-6-4-5-7-17(16)12-18/h4-7,9-10,12,14-15,19,21H,8,11,13H2,1-3H3. The van der Waals surface area contributed by atoms with E-state index in [1.807, 2.05) is 0 Å². The van der Waals surface area contributed by atoms with Crippen molar-refractivity contribution in [1.29, 1.82) is 0 Å². The molecule has 0 bridgehead atoms. The summed E-state index contributed by atoms with van der Waals surface area (Å²) in [5, 5.41) is 14.0. The van der Waals surface area contributed by atoms with Crippen LogP contribution in [0.1, 0.15) is 45.6 Å². The molecule has 3 rings (SSSR count). The van der Waals surface area contributed by atoms with E-state index in [2.05, 4.69) is 63.2 Å². The van der Waals surface area contributed by atoms with Crippen LogP contribution < -0.4 is 0 Å². The van der Waals surface area contributed by atoms with E-state index in [1.54, 1.807) is 0 Å². The molecule has 1 nitrogen and oxygen atoms in total. The van der Waals surface area contributed by atoms with Gasteiger partial charge in [0.25, 0.3) is 0 Å². The number of aliphatic hydroxyl groups is 1. The van der Waals surface area contributed by atoms with E-state index in [0.29, 0.717) is 17.8 Å². The molecule has 1 N–H and O–H groups in total. The first-order valence-corrected chi connectivity index (χ1v) is 8.22. The molecule has 0 radical (unpaired) electrons. The van der Waals surface area contributed by atoms with E-state index < -0.39 is 5.60 Å². The summed E-state index contributed by atoms with van der Waals surface area (Å²) in [7, 11) is 0. The molecule has 2 aromatic carbocycles. The van der Waals surface area contributed by atoms with Crippen LogP contribution >= 0.6 is 0 Å². The first-order valence-electron chi connectivity index (χ1n) is 8.22. The molecule has 1 aliphatic rings. The van der Waals surface area contributed by atoms with Crippen LogP contribution in [0, 0.1) is 17.8 Å².